The van der Waals surface area contributed by atoms with Crippen LogP contribution in [0.5, 0.6) is 0 Å². The highest BCUT2D eigenvalue weighted by Crippen LogP contribution is 2.46. The van der Waals surface area contributed by atoms with Gasteiger partial charge in [-0.15, -0.1) is 0 Å². The summed E-state index contributed by atoms with van der Waals surface area (Å²) in [5, 5.41) is 19.4. The second-order valence-corrected chi connectivity index (χ2v) is 8.04. The van der Waals surface area contributed by atoms with Gasteiger partial charge in [0.25, 0.3) is 0 Å². The molecule has 4 atom stereocenters. The first-order valence-electron chi connectivity index (χ1n) is 9.68. The lowest BCUT2D eigenvalue weighted by Crippen LogP contribution is -2.26. The highest BCUT2D eigenvalue weighted by molar-refractivity contribution is 5.63. The second-order valence-electron chi connectivity index (χ2n) is 8.04. The number of fused-ring (bicyclic) bond motifs is 1. The number of aliphatic hydroxyl groups is 2. The maximum Gasteiger partial charge on any atom is 0.225 e. The van der Waals surface area contributed by atoms with Gasteiger partial charge in [0.05, 0.1) is 5.69 Å². The van der Waals surface area contributed by atoms with Gasteiger partial charge in [-0.2, -0.15) is 0 Å². The quantitative estimate of drug-likeness (QED) is 0.840. The van der Waals surface area contributed by atoms with Crippen molar-refractivity contribution in [1.29, 1.82) is 0 Å². The highest BCUT2D eigenvalue weighted by Gasteiger charge is 2.48. The lowest BCUT2D eigenvalue weighted by molar-refractivity contribution is 0.188. The summed E-state index contributed by atoms with van der Waals surface area (Å²) in [6, 6.07) is 10.3. The Hall–Kier alpha value is -2.18. The number of aliphatic hydroxyl groups excluding tert-OH is 2. The third-order valence-electron chi connectivity index (χ3n) is 6.30. The minimum absolute atomic E-state index is 0.199. The van der Waals surface area contributed by atoms with Crippen LogP contribution in [0.4, 0.5) is 11.6 Å². The molecular formula is C21H28N4O2. The van der Waals surface area contributed by atoms with Crippen LogP contribution in [0.15, 0.2) is 36.5 Å². The molecule has 6 nitrogen and oxygen atoms in total. The smallest absolute Gasteiger partial charge is 0.225 e. The Balaban J connectivity index is 1.55. The fourth-order valence-electron chi connectivity index (χ4n) is 4.77. The third kappa shape index (κ3) is 3.39. The summed E-state index contributed by atoms with van der Waals surface area (Å²) < 4.78 is 0. The van der Waals surface area contributed by atoms with Gasteiger partial charge in [-0.05, 0) is 48.3 Å². The maximum atomic E-state index is 9.70. The molecule has 2 fully saturated rings. The second kappa shape index (κ2) is 7.44. The van der Waals surface area contributed by atoms with Crippen molar-refractivity contribution in [3.8, 4) is 11.3 Å². The Labute approximate surface area is 160 Å². The van der Waals surface area contributed by atoms with Crippen molar-refractivity contribution in [2.24, 2.45) is 23.7 Å². The predicted molar refractivity (Wildman–Crippen MR) is 107 cm³/mol. The Morgan fingerprint density at radius 3 is 2.19 bits per heavy atom. The van der Waals surface area contributed by atoms with Crippen molar-refractivity contribution in [3.05, 3.63) is 36.5 Å². The van der Waals surface area contributed by atoms with E-state index in [1.165, 1.54) is 0 Å². The van der Waals surface area contributed by atoms with Crippen LogP contribution in [0.25, 0.3) is 11.3 Å². The Morgan fingerprint density at radius 2 is 1.63 bits per heavy atom. The van der Waals surface area contributed by atoms with Crippen molar-refractivity contribution >= 4 is 11.6 Å². The summed E-state index contributed by atoms with van der Waals surface area (Å²) in [5.41, 5.74) is 3.15. The van der Waals surface area contributed by atoms with Crippen LogP contribution in [0.2, 0.25) is 0 Å². The zero-order valence-corrected chi connectivity index (χ0v) is 16.0. The summed E-state index contributed by atoms with van der Waals surface area (Å²) >= 11 is 0. The lowest BCUT2D eigenvalue weighted by Gasteiger charge is -2.21. The molecule has 2 aliphatic rings. The molecule has 27 heavy (non-hydrogen) atoms. The normalized spacial score (nSPS) is 27.0. The monoisotopic (exact) mass is 368 g/mol. The maximum absolute atomic E-state index is 9.70. The molecule has 0 radical (unpaired) electrons. The number of nitrogens with zero attached hydrogens (tertiary/aromatic N) is 4. The van der Waals surface area contributed by atoms with Crippen LogP contribution in [-0.2, 0) is 0 Å². The summed E-state index contributed by atoms with van der Waals surface area (Å²) in [6.45, 7) is 2.11. The van der Waals surface area contributed by atoms with Crippen molar-refractivity contribution < 1.29 is 10.2 Å². The lowest BCUT2D eigenvalue weighted by atomic mass is 9.91. The number of hydrogen-bond acceptors (Lipinski definition) is 6. The number of hydrogen-bond donors (Lipinski definition) is 2. The van der Waals surface area contributed by atoms with E-state index in [0.717, 1.165) is 42.4 Å². The molecule has 1 aromatic carbocycles. The first-order chi connectivity index (χ1) is 13.1. The van der Waals surface area contributed by atoms with E-state index in [1.54, 1.807) is 0 Å². The molecule has 2 N–H and O–H groups in total. The van der Waals surface area contributed by atoms with E-state index in [-0.39, 0.29) is 25.0 Å². The SMILES string of the molecule is CN(C)c1ccc(-c2ccnc(N3C[C@@H]4[C@H](CO)C[C@H](CO)[C@@H]4C3)n2)cc1. The van der Waals surface area contributed by atoms with Gasteiger partial charge in [-0.25, -0.2) is 9.97 Å². The van der Waals surface area contributed by atoms with E-state index in [1.807, 2.05) is 26.4 Å². The molecule has 1 aliphatic carbocycles. The third-order valence-corrected chi connectivity index (χ3v) is 6.30. The summed E-state index contributed by atoms with van der Waals surface area (Å²) in [4.78, 5) is 13.6. The van der Waals surface area contributed by atoms with E-state index in [4.69, 9.17) is 4.98 Å². The molecule has 1 saturated heterocycles. The van der Waals surface area contributed by atoms with Gasteiger partial charge in [0.1, 0.15) is 0 Å². The molecule has 1 aromatic heterocycles. The molecule has 0 unspecified atom stereocenters. The number of aromatic nitrogens is 2. The van der Waals surface area contributed by atoms with Gasteiger partial charge in [0.2, 0.25) is 5.95 Å². The van der Waals surface area contributed by atoms with Gasteiger partial charge in [-0.3, -0.25) is 0 Å². The Morgan fingerprint density at radius 1 is 1.00 bits per heavy atom. The summed E-state index contributed by atoms with van der Waals surface area (Å²) in [6.07, 6.45) is 2.74. The molecule has 0 spiro atoms. The van der Waals surface area contributed by atoms with Gasteiger partial charge in [-0.1, -0.05) is 12.1 Å². The van der Waals surface area contributed by atoms with Crippen molar-refractivity contribution in [3.63, 3.8) is 0 Å². The standard InChI is InChI=1S/C21H28N4O2/c1-24(2)17-5-3-14(4-6-17)20-7-8-22-21(23-20)25-10-18-15(12-26)9-16(13-27)19(18)11-25/h3-8,15-16,18-19,26-27H,9-13H2,1-2H3/t15-,16+,18+,19-. The van der Waals surface area contributed by atoms with Gasteiger partial charge < -0.3 is 20.0 Å². The van der Waals surface area contributed by atoms with Gasteiger partial charge in [0, 0.05) is 57.8 Å². The predicted octanol–water partition coefficient (Wildman–Crippen LogP) is 1.88. The topological polar surface area (TPSA) is 72.7 Å². The van der Waals surface area contributed by atoms with Crippen LogP contribution in [-0.4, -0.2) is 60.6 Å². The first kappa shape index (κ1) is 18.2. The van der Waals surface area contributed by atoms with Crippen LogP contribution in [0, 0.1) is 23.7 Å². The zero-order valence-electron chi connectivity index (χ0n) is 16.0. The zero-order chi connectivity index (χ0) is 19.0. The first-order valence-corrected chi connectivity index (χ1v) is 9.68. The average Bonchev–Trinajstić information content (AvgIpc) is 3.27. The van der Waals surface area contributed by atoms with Crippen LogP contribution < -0.4 is 9.80 Å². The molecule has 2 aromatic rings. The number of rotatable bonds is 5. The molecule has 0 amide bonds. The van der Waals surface area contributed by atoms with Crippen LogP contribution >= 0.6 is 0 Å². The molecule has 2 heterocycles. The largest absolute Gasteiger partial charge is 0.396 e. The minimum Gasteiger partial charge on any atom is -0.396 e. The van der Waals surface area contributed by atoms with Crippen LogP contribution in [0.1, 0.15) is 6.42 Å². The molecule has 1 saturated carbocycles. The Kier molecular flexibility index (Phi) is 5.02. The Bertz CT molecular complexity index is 762. The van der Waals surface area contributed by atoms with Crippen LogP contribution in [0.3, 0.4) is 0 Å². The average molecular weight is 368 g/mol. The van der Waals surface area contributed by atoms with Crippen molar-refractivity contribution in [1.82, 2.24) is 9.97 Å². The highest BCUT2D eigenvalue weighted by atomic mass is 16.3. The summed E-state index contributed by atoms with van der Waals surface area (Å²) in [5.74, 6) is 2.13. The fourth-order valence-corrected chi connectivity index (χ4v) is 4.77. The van der Waals surface area contributed by atoms with Gasteiger partial charge in [0.15, 0.2) is 0 Å². The molecule has 1 aliphatic heterocycles. The molecule has 4 rings (SSSR count). The van der Waals surface area contributed by atoms with Crippen molar-refractivity contribution in [2.75, 3.05) is 50.2 Å². The molecule has 144 valence electrons. The summed E-state index contributed by atoms with van der Waals surface area (Å²) in [7, 11) is 4.06. The molecular weight excluding hydrogens is 340 g/mol. The number of anilines is 2. The number of benzene rings is 1. The van der Waals surface area contributed by atoms with Crippen molar-refractivity contribution in [2.45, 2.75) is 6.42 Å². The van der Waals surface area contributed by atoms with E-state index in [0.29, 0.717) is 11.8 Å². The molecule has 6 heteroatoms. The van der Waals surface area contributed by atoms with E-state index in [2.05, 4.69) is 39.0 Å². The van der Waals surface area contributed by atoms with Gasteiger partial charge >= 0.3 is 0 Å². The minimum atomic E-state index is 0.199. The van der Waals surface area contributed by atoms with E-state index in [9.17, 15) is 10.2 Å². The van der Waals surface area contributed by atoms with E-state index >= 15 is 0 Å². The fraction of sp³-hybridized carbons (Fsp3) is 0.524. The van der Waals surface area contributed by atoms with E-state index < -0.39 is 0 Å². The molecule has 0 bridgehead atoms.